The minimum absolute atomic E-state index is 0.567. The normalized spacial score (nSPS) is 34.8. The molecule has 12 heteroatoms. The second kappa shape index (κ2) is 6.83. The van der Waals surface area contributed by atoms with E-state index in [1.165, 1.54) is 7.11 Å². The van der Waals surface area contributed by atoms with Crippen LogP contribution in [0.15, 0.2) is 0 Å². The molecule has 0 aliphatic carbocycles. The Morgan fingerprint density at radius 1 is 1.05 bits per heavy atom. The monoisotopic (exact) mass is 350 g/mol. The van der Waals surface area contributed by atoms with Gasteiger partial charge in [0, 0.05) is 7.11 Å². The summed E-state index contributed by atoms with van der Waals surface area (Å²) in [6, 6.07) is 0. The van der Waals surface area contributed by atoms with Gasteiger partial charge in [-0.15, -0.1) is 0 Å². The van der Waals surface area contributed by atoms with E-state index in [9.17, 15) is 27.0 Å². The maximum absolute atomic E-state index is 11.1. The first-order chi connectivity index (χ1) is 9.44. The summed E-state index contributed by atoms with van der Waals surface area (Å²) in [5.41, 5.74) is 0. The molecule has 0 bridgehead atoms. The van der Waals surface area contributed by atoms with Crippen LogP contribution in [0.4, 0.5) is 0 Å². The third-order valence-electron chi connectivity index (χ3n) is 2.61. The highest BCUT2D eigenvalue weighted by atomic mass is 32.2. The van der Waals surface area contributed by atoms with Gasteiger partial charge in [-0.1, -0.05) is 0 Å². The fourth-order valence-corrected chi connectivity index (χ4v) is 2.72. The molecule has 1 rings (SSSR count). The lowest BCUT2D eigenvalue weighted by molar-refractivity contribution is -0.286. The molecule has 0 aromatic heterocycles. The highest BCUT2D eigenvalue weighted by Gasteiger charge is 2.47. The summed E-state index contributed by atoms with van der Waals surface area (Å²) in [4.78, 5) is 0. The van der Waals surface area contributed by atoms with Gasteiger partial charge in [0.2, 0.25) is 0 Å². The van der Waals surface area contributed by atoms with Gasteiger partial charge in [-0.2, -0.15) is 16.8 Å². The lowest BCUT2D eigenvalue weighted by Gasteiger charge is -2.40. The highest BCUT2D eigenvalue weighted by Crippen LogP contribution is 2.25. The van der Waals surface area contributed by atoms with Crippen molar-refractivity contribution in [2.45, 2.75) is 30.7 Å². The third kappa shape index (κ3) is 5.75. The van der Waals surface area contributed by atoms with E-state index in [4.69, 9.17) is 9.47 Å². The predicted octanol–water partition coefficient (Wildman–Crippen LogP) is -2.60. The van der Waals surface area contributed by atoms with E-state index in [-0.39, 0.29) is 0 Å². The number of aliphatic hydroxyl groups is 2. The molecule has 5 atom stereocenters. The van der Waals surface area contributed by atoms with Crippen LogP contribution in [0, 0.1) is 0 Å². The number of hydrogen-bond donors (Lipinski definition) is 2. The lowest BCUT2D eigenvalue weighted by atomic mass is 9.99. The molecule has 0 saturated carbocycles. The van der Waals surface area contributed by atoms with Gasteiger partial charge in [-0.25, -0.2) is 0 Å². The van der Waals surface area contributed by atoms with Crippen molar-refractivity contribution < 1.29 is 44.9 Å². The SMILES string of the molecule is CO[C@@H]1O[C@@H](COS(C)(=O)=O)[C@@H](O)[C@@H](O)[C@@H]1OS(C)(=O)=O. The molecule has 0 spiro atoms. The Balaban J connectivity index is 2.84. The maximum Gasteiger partial charge on any atom is 0.264 e. The minimum atomic E-state index is -3.93. The molecule has 0 unspecified atom stereocenters. The van der Waals surface area contributed by atoms with Gasteiger partial charge in [0.1, 0.15) is 18.3 Å². The van der Waals surface area contributed by atoms with E-state index in [2.05, 4.69) is 8.37 Å². The molecular formula is C9H18O10S2. The van der Waals surface area contributed by atoms with Crippen LogP contribution in [0.3, 0.4) is 0 Å². The molecule has 0 radical (unpaired) electrons. The molecular weight excluding hydrogens is 332 g/mol. The largest absolute Gasteiger partial charge is 0.387 e. The summed E-state index contributed by atoms with van der Waals surface area (Å²) in [5, 5.41) is 19.7. The van der Waals surface area contributed by atoms with Crippen molar-refractivity contribution in [2.75, 3.05) is 26.2 Å². The molecule has 0 amide bonds. The number of methoxy groups -OCH3 is 1. The van der Waals surface area contributed by atoms with E-state index in [0.29, 0.717) is 0 Å². The third-order valence-corrected chi connectivity index (χ3v) is 3.75. The van der Waals surface area contributed by atoms with Crippen molar-refractivity contribution in [3.63, 3.8) is 0 Å². The second-order valence-corrected chi connectivity index (χ2v) is 7.76. The van der Waals surface area contributed by atoms with E-state index >= 15 is 0 Å². The predicted molar refractivity (Wildman–Crippen MR) is 68.2 cm³/mol. The molecule has 1 aliphatic rings. The molecule has 21 heavy (non-hydrogen) atoms. The van der Waals surface area contributed by atoms with Crippen LogP contribution in [0.5, 0.6) is 0 Å². The highest BCUT2D eigenvalue weighted by molar-refractivity contribution is 7.86. The van der Waals surface area contributed by atoms with Gasteiger partial charge in [-0.05, 0) is 0 Å². The molecule has 0 aromatic rings. The van der Waals surface area contributed by atoms with Crippen LogP contribution in [0.25, 0.3) is 0 Å². The molecule has 0 aromatic carbocycles. The summed E-state index contributed by atoms with van der Waals surface area (Å²) >= 11 is 0. The van der Waals surface area contributed by atoms with Crippen molar-refractivity contribution in [1.29, 1.82) is 0 Å². The van der Waals surface area contributed by atoms with Crippen LogP contribution in [-0.2, 0) is 38.1 Å². The van der Waals surface area contributed by atoms with Crippen LogP contribution in [0.2, 0.25) is 0 Å². The maximum atomic E-state index is 11.1. The van der Waals surface area contributed by atoms with E-state index in [1.54, 1.807) is 0 Å². The summed E-state index contributed by atoms with van der Waals surface area (Å²) in [7, 11) is -6.54. The number of ether oxygens (including phenoxy) is 2. The Hall–Kier alpha value is -0.340. The van der Waals surface area contributed by atoms with Crippen LogP contribution >= 0.6 is 0 Å². The Morgan fingerprint density at radius 3 is 2.05 bits per heavy atom. The average Bonchev–Trinajstić information content (AvgIpc) is 2.31. The van der Waals surface area contributed by atoms with Crippen molar-refractivity contribution >= 4 is 20.2 Å². The first-order valence-corrected chi connectivity index (χ1v) is 9.35. The second-order valence-electron chi connectivity index (χ2n) is 4.51. The summed E-state index contributed by atoms with van der Waals surface area (Å²) < 4.78 is 63.2. The zero-order valence-corrected chi connectivity index (χ0v) is 13.2. The topological polar surface area (TPSA) is 146 Å². The molecule has 1 saturated heterocycles. The Bertz CT molecular complexity index is 537. The summed E-state index contributed by atoms with van der Waals surface area (Å²) in [6.07, 6.45) is -5.78. The van der Waals surface area contributed by atoms with Gasteiger partial charge in [0.25, 0.3) is 20.2 Å². The molecule has 1 heterocycles. The first kappa shape index (κ1) is 18.7. The Morgan fingerprint density at radius 2 is 1.62 bits per heavy atom. The van der Waals surface area contributed by atoms with Crippen molar-refractivity contribution in [3.05, 3.63) is 0 Å². The van der Waals surface area contributed by atoms with Gasteiger partial charge >= 0.3 is 0 Å². The van der Waals surface area contributed by atoms with E-state index in [1.807, 2.05) is 0 Å². The summed E-state index contributed by atoms with van der Waals surface area (Å²) in [6.45, 7) is -0.567. The summed E-state index contributed by atoms with van der Waals surface area (Å²) in [5.74, 6) is 0. The molecule has 10 nitrogen and oxygen atoms in total. The average molecular weight is 350 g/mol. The Kier molecular flexibility index (Phi) is 6.08. The zero-order valence-electron chi connectivity index (χ0n) is 11.6. The number of aliphatic hydroxyl groups excluding tert-OH is 2. The quantitative estimate of drug-likeness (QED) is 0.489. The van der Waals surface area contributed by atoms with Crippen molar-refractivity contribution in [3.8, 4) is 0 Å². The first-order valence-electron chi connectivity index (χ1n) is 5.71. The van der Waals surface area contributed by atoms with Crippen molar-refractivity contribution in [2.24, 2.45) is 0 Å². The van der Waals surface area contributed by atoms with Gasteiger partial charge < -0.3 is 19.7 Å². The minimum Gasteiger partial charge on any atom is -0.387 e. The van der Waals surface area contributed by atoms with Gasteiger partial charge in [-0.3, -0.25) is 8.37 Å². The standard InChI is InChI=1S/C9H18O10S2/c1-16-9-8(19-21(3,14)15)7(11)6(10)5(18-9)4-17-20(2,12)13/h5-11H,4H2,1-3H3/t5-,6+,7+,8-,9+/m0/s1. The lowest BCUT2D eigenvalue weighted by Crippen LogP contribution is -2.60. The van der Waals surface area contributed by atoms with Crippen LogP contribution in [-0.4, -0.2) is 84.0 Å². The molecule has 126 valence electrons. The van der Waals surface area contributed by atoms with Gasteiger partial charge in [0.05, 0.1) is 19.1 Å². The van der Waals surface area contributed by atoms with Crippen molar-refractivity contribution in [1.82, 2.24) is 0 Å². The molecule has 2 N–H and O–H groups in total. The van der Waals surface area contributed by atoms with Crippen LogP contribution in [0.1, 0.15) is 0 Å². The molecule has 1 fully saturated rings. The Labute approximate surface area is 122 Å². The number of hydrogen-bond acceptors (Lipinski definition) is 10. The fraction of sp³-hybridized carbons (Fsp3) is 1.00. The molecule has 1 aliphatic heterocycles. The smallest absolute Gasteiger partial charge is 0.264 e. The fourth-order valence-electron chi connectivity index (χ4n) is 1.73. The zero-order chi connectivity index (χ0) is 16.4. The van der Waals surface area contributed by atoms with E-state index in [0.717, 1.165) is 12.5 Å². The number of rotatable bonds is 6. The van der Waals surface area contributed by atoms with Gasteiger partial charge in [0.15, 0.2) is 12.4 Å². The van der Waals surface area contributed by atoms with E-state index < -0.39 is 57.5 Å². The van der Waals surface area contributed by atoms with Crippen LogP contribution < -0.4 is 0 Å².